The number of hydrogen-bond donors (Lipinski definition) is 0. The highest BCUT2D eigenvalue weighted by molar-refractivity contribution is 5.76. The number of carbonyl (C=O) groups is 1. The first-order valence-corrected chi connectivity index (χ1v) is 6.74. The number of rotatable bonds is 3. The van der Waals surface area contributed by atoms with Gasteiger partial charge < -0.3 is 9.64 Å². The van der Waals surface area contributed by atoms with E-state index in [0.29, 0.717) is 18.1 Å². The number of nitrogens with zero attached hydrogens (tertiary/aromatic N) is 1. The number of carbonyl (C=O) groups excluding carboxylic acids is 1. The number of unbranched alkanes of at least 4 members (excludes halogenated alkanes) is 1. The third-order valence-corrected chi connectivity index (χ3v) is 3.80. The maximum Gasteiger partial charge on any atom is 0.222 e. The second-order valence-corrected chi connectivity index (χ2v) is 4.95. The molecule has 1 amide bonds. The lowest BCUT2D eigenvalue weighted by Gasteiger charge is -2.43. The molecule has 0 aromatic carbocycles. The van der Waals surface area contributed by atoms with E-state index in [4.69, 9.17) is 4.74 Å². The van der Waals surface area contributed by atoms with E-state index in [9.17, 15) is 4.79 Å². The molecule has 1 aliphatic carbocycles. The Hall–Kier alpha value is -0.570. The fraction of sp³-hybridized carbons (Fsp3) is 0.923. The summed E-state index contributed by atoms with van der Waals surface area (Å²) in [5.41, 5.74) is 0. The molecule has 3 heteroatoms. The van der Waals surface area contributed by atoms with Gasteiger partial charge in [-0.25, -0.2) is 0 Å². The van der Waals surface area contributed by atoms with Crippen LogP contribution in [0.4, 0.5) is 0 Å². The van der Waals surface area contributed by atoms with Crippen LogP contribution in [0.15, 0.2) is 0 Å². The molecule has 3 nitrogen and oxygen atoms in total. The topological polar surface area (TPSA) is 29.5 Å². The Labute approximate surface area is 98.1 Å². The molecule has 0 radical (unpaired) electrons. The molecule has 2 atom stereocenters. The van der Waals surface area contributed by atoms with Crippen molar-refractivity contribution in [1.82, 2.24) is 4.90 Å². The minimum absolute atomic E-state index is 0.327. The summed E-state index contributed by atoms with van der Waals surface area (Å²) in [6, 6.07) is 0.381. The highest BCUT2D eigenvalue weighted by Gasteiger charge is 2.36. The van der Waals surface area contributed by atoms with Gasteiger partial charge in [0.2, 0.25) is 5.91 Å². The Kier molecular flexibility index (Phi) is 4.22. The van der Waals surface area contributed by atoms with Gasteiger partial charge in [0.05, 0.1) is 18.8 Å². The van der Waals surface area contributed by atoms with Crippen molar-refractivity contribution in [3.63, 3.8) is 0 Å². The Balaban J connectivity index is 1.93. The standard InChI is InChI=1S/C13H23NO2/c1-2-3-8-13(15)14-9-10-16-12-7-5-4-6-11(12)14/h11-12H,2-10H2,1H3/t11-,12-/m0/s1. The second kappa shape index (κ2) is 5.67. The van der Waals surface area contributed by atoms with Crippen LogP contribution in [0, 0.1) is 0 Å². The molecule has 2 rings (SSSR count). The SMILES string of the molecule is CCCCC(=O)N1CCO[C@H]2CCCC[C@@H]21. The Morgan fingerprint density at radius 3 is 3.00 bits per heavy atom. The van der Waals surface area contributed by atoms with Crippen LogP contribution < -0.4 is 0 Å². The zero-order chi connectivity index (χ0) is 11.4. The van der Waals surface area contributed by atoms with E-state index in [0.717, 1.165) is 45.3 Å². The van der Waals surface area contributed by atoms with Crippen LogP contribution in [0.2, 0.25) is 0 Å². The van der Waals surface area contributed by atoms with Crippen molar-refractivity contribution in [2.45, 2.75) is 64.0 Å². The number of amides is 1. The average Bonchev–Trinajstić information content (AvgIpc) is 2.35. The van der Waals surface area contributed by atoms with Crippen LogP contribution >= 0.6 is 0 Å². The number of fused-ring (bicyclic) bond motifs is 1. The summed E-state index contributed by atoms with van der Waals surface area (Å²) in [6.45, 7) is 3.68. The summed E-state index contributed by atoms with van der Waals surface area (Å²) in [5, 5.41) is 0. The first kappa shape index (κ1) is 11.9. The van der Waals surface area contributed by atoms with Crippen LogP contribution in [-0.2, 0) is 9.53 Å². The van der Waals surface area contributed by atoms with E-state index in [1.54, 1.807) is 0 Å². The summed E-state index contributed by atoms with van der Waals surface area (Å²) in [7, 11) is 0. The van der Waals surface area contributed by atoms with Crippen molar-refractivity contribution in [3.05, 3.63) is 0 Å². The molecule has 0 spiro atoms. The lowest BCUT2D eigenvalue weighted by atomic mass is 9.90. The molecule has 0 unspecified atom stereocenters. The van der Waals surface area contributed by atoms with Crippen molar-refractivity contribution in [1.29, 1.82) is 0 Å². The van der Waals surface area contributed by atoms with Crippen LogP contribution in [-0.4, -0.2) is 36.1 Å². The van der Waals surface area contributed by atoms with Gasteiger partial charge in [0.15, 0.2) is 0 Å². The van der Waals surface area contributed by atoms with E-state index in [1.807, 2.05) is 0 Å². The monoisotopic (exact) mass is 225 g/mol. The number of ether oxygens (including phenoxy) is 1. The summed E-state index contributed by atoms with van der Waals surface area (Å²) in [6.07, 6.45) is 7.97. The van der Waals surface area contributed by atoms with Gasteiger partial charge in [-0.15, -0.1) is 0 Å². The zero-order valence-electron chi connectivity index (χ0n) is 10.3. The molecule has 2 fully saturated rings. The molecule has 92 valence electrons. The van der Waals surface area contributed by atoms with Gasteiger partial charge in [0.1, 0.15) is 0 Å². The highest BCUT2D eigenvalue weighted by Crippen LogP contribution is 2.28. The van der Waals surface area contributed by atoms with Gasteiger partial charge >= 0.3 is 0 Å². The number of hydrogen-bond acceptors (Lipinski definition) is 2. The van der Waals surface area contributed by atoms with Gasteiger partial charge in [-0.1, -0.05) is 26.2 Å². The largest absolute Gasteiger partial charge is 0.374 e. The molecule has 1 saturated carbocycles. The Bertz CT molecular complexity index is 240. The van der Waals surface area contributed by atoms with Crippen molar-refractivity contribution >= 4 is 5.91 Å². The van der Waals surface area contributed by atoms with Crippen molar-refractivity contribution < 1.29 is 9.53 Å². The first-order chi connectivity index (χ1) is 7.83. The van der Waals surface area contributed by atoms with Crippen LogP contribution in [0.3, 0.4) is 0 Å². The van der Waals surface area contributed by atoms with E-state index in [1.165, 1.54) is 12.8 Å². The Morgan fingerprint density at radius 1 is 1.38 bits per heavy atom. The number of morpholine rings is 1. The van der Waals surface area contributed by atoms with E-state index in [2.05, 4.69) is 11.8 Å². The van der Waals surface area contributed by atoms with Gasteiger partial charge in [-0.2, -0.15) is 0 Å². The Morgan fingerprint density at radius 2 is 2.19 bits per heavy atom. The van der Waals surface area contributed by atoms with Gasteiger partial charge in [-0.3, -0.25) is 4.79 Å². The minimum atomic E-state index is 0.327. The molecule has 0 aromatic rings. The molecule has 16 heavy (non-hydrogen) atoms. The van der Waals surface area contributed by atoms with E-state index >= 15 is 0 Å². The lowest BCUT2D eigenvalue weighted by molar-refractivity contribution is -0.149. The van der Waals surface area contributed by atoms with Crippen LogP contribution in [0.1, 0.15) is 51.9 Å². The summed E-state index contributed by atoms with van der Waals surface area (Å²) >= 11 is 0. The minimum Gasteiger partial charge on any atom is -0.374 e. The maximum absolute atomic E-state index is 12.1. The van der Waals surface area contributed by atoms with E-state index < -0.39 is 0 Å². The second-order valence-electron chi connectivity index (χ2n) is 4.95. The third-order valence-electron chi connectivity index (χ3n) is 3.80. The van der Waals surface area contributed by atoms with Crippen LogP contribution in [0.5, 0.6) is 0 Å². The predicted molar refractivity (Wildman–Crippen MR) is 63.2 cm³/mol. The molecule has 2 aliphatic rings. The zero-order valence-corrected chi connectivity index (χ0v) is 10.3. The fourth-order valence-electron chi connectivity index (χ4n) is 2.88. The molecule has 1 saturated heterocycles. The predicted octanol–water partition coefficient (Wildman–Crippen LogP) is 2.35. The quantitative estimate of drug-likeness (QED) is 0.738. The van der Waals surface area contributed by atoms with E-state index in [-0.39, 0.29) is 0 Å². The normalized spacial score (nSPS) is 29.9. The third kappa shape index (κ3) is 2.57. The average molecular weight is 225 g/mol. The van der Waals surface area contributed by atoms with Gasteiger partial charge in [0.25, 0.3) is 0 Å². The fourth-order valence-corrected chi connectivity index (χ4v) is 2.88. The molecule has 0 N–H and O–H groups in total. The smallest absolute Gasteiger partial charge is 0.222 e. The lowest BCUT2D eigenvalue weighted by Crippen LogP contribution is -2.54. The molecule has 1 heterocycles. The first-order valence-electron chi connectivity index (χ1n) is 6.74. The maximum atomic E-state index is 12.1. The molecule has 0 bridgehead atoms. The summed E-state index contributed by atoms with van der Waals surface area (Å²) in [4.78, 5) is 14.2. The van der Waals surface area contributed by atoms with Crippen LogP contribution in [0.25, 0.3) is 0 Å². The molecular formula is C13H23NO2. The summed E-state index contributed by atoms with van der Waals surface area (Å²) in [5.74, 6) is 0.349. The van der Waals surface area contributed by atoms with Crippen molar-refractivity contribution in [3.8, 4) is 0 Å². The van der Waals surface area contributed by atoms with Gasteiger partial charge in [0, 0.05) is 13.0 Å². The van der Waals surface area contributed by atoms with Crippen molar-refractivity contribution in [2.75, 3.05) is 13.2 Å². The molecule has 0 aromatic heterocycles. The summed E-state index contributed by atoms with van der Waals surface area (Å²) < 4.78 is 5.77. The molecule has 1 aliphatic heterocycles. The molecular weight excluding hydrogens is 202 g/mol. The van der Waals surface area contributed by atoms with Crippen molar-refractivity contribution in [2.24, 2.45) is 0 Å². The highest BCUT2D eigenvalue weighted by atomic mass is 16.5. The van der Waals surface area contributed by atoms with Gasteiger partial charge in [-0.05, 0) is 19.3 Å².